The molecule has 0 aliphatic carbocycles. The monoisotopic (exact) mass is 390 g/mol. The molecule has 2 aromatic carbocycles. The highest BCUT2D eigenvalue weighted by molar-refractivity contribution is 7.92. The van der Waals surface area contributed by atoms with Crippen LogP contribution in [-0.2, 0) is 21.2 Å². The molecule has 142 valence electrons. The van der Waals surface area contributed by atoms with Gasteiger partial charge < -0.3 is 5.32 Å². The number of carbonyl (C=O) groups excluding carboxylic acids is 2. The summed E-state index contributed by atoms with van der Waals surface area (Å²) in [4.78, 5) is 24.2. The van der Waals surface area contributed by atoms with Crippen LogP contribution < -0.4 is 9.62 Å². The van der Waals surface area contributed by atoms with Crippen molar-refractivity contribution in [3.8, 4) is 0 Å². The Morgan fingerprint density at radius 3 is 2.59 bits per heavy atom. The predicted octanol–water partition coefficient (Wildman–Crippen LogP) is 2.75. The highest BCUT2D eigenvalue weighted by Gasteiger charge is 2.26. The summed E-state index contributed by atoms with van der Waals surface area (Å²) in [6.45, 7) is 0.378. The van der Waals surface area contributed by atoms with Crippen molar-refractivity contribution in [3.63, 3.8) is 0 Å². The summed E-state index contributed by atoms with van der Waals surface area (Å²) in [5.74, 6) is -1.45. The number of carbonyl (C=O) groups is 2. The Kier molecular flexibility index (Phi) is 5.27. The maximum Gasteiger partial charge on any atom is 0.232 e. The Morgan fingerprint density at radius 1 is 1.15 bits per heavy atom. The largest absolute Gasteiger partial charge is 0.326 e. The van der Waals surface area contributed by atoms with E-state index in [-0.39, 0.29) is 18.4 Å². The van der Waals surface area contributed by atoms with Crippen LogP contribution >= 0.6 is 0 Å². The molecule has 0 unspecified atom stereocenters. The number of hydrogen-bond acceptors (Lipinski definition) is 4. The van der Waals surface area contributed by atoms with Crippen molar-refractivity contribution in [1.82, 2.24) is 0 Å². The summed E-state index contributed by atoms with van der Waals surface area (Å²) in [5, 5.41) is 2.66. The van der Waals surface area contributed by atoms with E-state index in [4.69, 9.17) is 0 Å². The lowest BCUT2D eigenvalue weighted by atomic mass is 10.1. The quantitative estimate of drug-likeness (QED) is 0.769. The molecular weight excluding hydrogens is 371 g/mol. The number of benzene rings is 2. The van der Waals surface area contributed by atoms with Crippen molar-refractivity contribution in [2.24, 2.45) is 0 Å². The molecule has 1 aliphatic rings. The first-order valence-electron chi connectivity index (χ1n) is 8.44. The van der Waals surface area contributed by atoms with Crippen LogP contribution in [-0.4, -0.2) is 32.9 Å². The molecule has 2 aromatic rings. The zero-order chi connectivity index (χ0) is 19.6. The molecule has 0 fully saturated rings. The van der Waals surface area contributed by atoms with Crippen molar-refractivity contribution in [2.45, 2.75) is 19.3 Å². The van der Waals surface area contributed by atoms with Crippen LogP contribution in [0.3, 0.4) is 0 Å². The summed E-state index contributed by atoms with van der Waals surface area (Å²) >= 11 is 0. The van der Waals surface area contributed by atoms with E-state index in [0.29, 0.717) is 24.3 Å². The topological polar surface area (TPSA) is 83.6 Å². The van der Waals surface area contributed by atoms with Crippen LogP contribution in [0.15, 0.2) is 42.5 Å². The second-order valence-electron chi connectivity index (χ2n) is 6.38. The first-order chi connectivity index (χ1) is 12.8. The third kappa shape index (κ3) is 4.33. The average Bonchev–Trinajstić information content (AvgIpc) is 3.03. The molecule has 0 spiro atoms. The first-order valence-corrected chi connectivity index (χ1v) is 10.3. The van der Waals surface area contributed by atoms with Gasteiger partial charge in [0.2, 0.25) is 15.9 Å². The lowest BCUT2D eigenvalue weighted by Crippen LogP contribution is -2.27. The maximum absolute atomic E-state index is 13.6. The molecule has 0 bridgehead atoms. The van der Waals surface area contributed by atoms with Crippen molar-refractivity contribution < 1.29 is 22.4 Å². The van der Waals surface area contributed by atoms with E-state index in [9.17, 15) is 22.4 Å². The van der Waals surface area contributed by atoms with Gasteiger partial charge in [0.1, 0.15) is 5.82 Å². The fraction of sp³-hybridized carbons (Fsp3) is 0.263. The lowest BCUT2D eigenvalue weighted by molar-refractivity contribution is -0.116. The second-order valence-corrected chi connectivity index (χ2v) is 8.29. The van der Waals surface area contributed by atoms with Gasteiger partial charge in [0.05, 0.1) is 17.5 Å². The number of amides is 1. The number of halogens is 1. The van der Waals surface area contributed by atoms with Gasteiger partial charge >= 0.3 is 0 Å². The zero-order valence-electron chi connectivity index (χ0n) is 14.7. The number of nitrogens with zero attached hydrogens (tertiary/aromatic N) is 1. The summed E-state index contributed by atoms with van der Waals surface area (Å²) in [5.41, 5.74) is 1.87. The standard InChI is InChI=1S/C19H19FN2O4S/c1-27(25,26)22-11-10-13-6-7-14(12-17(13)22)21-19(24)9-8-18(23)15-4-2-3-5-16(15)20/h2-7,12H,8-11H2,1H3,(H,21,24). The SMILES string of the molecule is CS(=O)(=O)N1CCc2ccc(NC(=O)CCC(=O)c3ccccc3F)cc21. The van der Waals surface area contributed by atoms with Gasteiger partial charge in [0.25, 0.3) is 0 Å². The Bertz CT molecular complexity index is 1000. The van der Waals surface area contributed by atoms with Gasteiger partial charge in [0, 0.05) is 25.1 Å². The van der Waals surface area contributed by atoms with Gasteiger partial charge in [-0.05, 0) is 36.2 Å². The zero-order valence-corrected chi connectivity index (χ0v) is 15.6. The molecule has 27 heavy (non-hydrogen) atoms. The highest BCUT2D eigenvalue weighted by atomic mass is 32.2. The number of ketones is 1. The minimum Gasteiger partial charge on any atom is -0.326 e. The van der Waals surface area contributed by atoms with Crippen molar-refractivity contribution in [3.05, 3.63) is 59.4 Å². The molecule has 6 nitrogen and oxygen atoms in total. The minimum absolute atomic E-state index is 0.0355. The second kappa shape index (κ2) is 7.48. The van der Waals surface area contributed by atoms with Gasteiger partial charge in [-0.25, -0.2) is 12.8 Å². The predicted molar refractivity (Wildman–Crippen MR) is 101 cm³/mol. The Hall–Kier alpha value is -2.74. The molecule has 0 radical (unpaired) electrons. The van der Waals surface area contributed by atoms with Crippen LogP contribution in [0.25, 0.3) is 0 Å². The van der Waals surface area contributed by atoms with E-state index in [1.54, 1.807) is 24.3 Å². The number of nitrogens with one attached hydrogen (secondary N) is 1. The molecule has 0 saturated heterocycles. The summed E-state index contributed by atoms with van der Waals surface area (Å²) in [6, 6.07) is 10.7. The fourth-order valence-corrected chi connectivity index (χ4v) is 3.99. The molecule has 1 amide bonds. The van der Waals surface area contributed by atoms with Crippen LogP contribution in [0.4, 0.5) is 15.8 Å². The average molecular weight is 390 g/mol. The van der Waals surface area contributed by atoms with Gasteiger partial charge in [-0.15, -0.1) is 0 Å². The van der Waals surface area contributed by atoms with Gasteiger partial charge in [-0.2, -0.15) is 0 Å². The molecule has 0 aromatic heterocycles. The summed E-state index contributed by atoms with van der Waals surface area (Å²) in [7, 11) is -3.38. The van der Waals surface area contributed by atoms with Crippen molar-refractivity contribution in [1.29, 1.82) is 0 Å². The number of rotatable bonds is 6. The number of hydrogen-bond donors (Lipinski definition) is 1. The van der Waals surface area contributed by atoms with Crippen LogP contribution in [0.5, 0.6) is 0 Å². The minimum atomic E-state index is -3.38. The highest BCUT2D eigenvalue weighted by Crippen LogP contribution is 2.32. The molecule has 0 saturated carbocycles. The van der Waals surface area contributed by atoms with E-state index in [0.717, 1.165) is 11.8 Å². The third-order valence-electron chi connectivity index (χ3n) is 4.38. The third-order valence-corrected chi connectivity index (χ3v) is 5.56. The molecule has 1 aliphatic heterocycles. The summed E-state index contributed by atoms with van der Waals surface area (Å²) < 4.78 is 38.6. The Labute approximate surface area is 157 Å². The lowest BCUT2D eigenvalue weighted by Gasteiger charge is -2.17. The molecule has 0 atom stereocenters. The maximum atomic E-state index is 13.6. The van der Waals surface area contributed by atoms with Crippen molar-refractivity contribution in [2.75, 3.05) is 22.4 Å². The van der Waals surface area contributed by atoms with E-state index < -0.39 is 27.5 Å². The Morgan fingerprint density at radius 2 is 1.89 bits per heavy atom. The van der Waals surface area contributed by atoms with E-state index in [1.165, 1.54) is 22.5 Å². The molecule has 8 heteroatoms. The van der Waals surface area contributed by atoms with E-state index >= 15 is 0 Å². The number of fused-ring (bicyclic) bond motifs is 1. The smallest absolute Gasteiger partial charge is 0.232 e. The van der Waals surface area contributed by atoms with Crippen LogP contribution in [0.1, 0.15) is 28.8 Å². The number of Topliss-reactive ketones (excluding diaryl/α,β-unsaturated/α-hetero) is 1. The fourth-order valence-electron chi connectivity index (χ4n) is 3.04. The van der Waals surface area contributed by atoms with Crippen LogP contribution in [0.2, 0.25) is 0 Å². The van der Waals surface area contributed by atoms with Crippen LogP contribution in [0, 0.1) is 5.82 Å². The van der Waals surface area contributed by atoms with Gasteiger partial charge in [0.15, 0.2) is 5.78 Å². The number of anilines is 2. The summed E-state index contributed by atoms with van der Waals surface area (Å²) in [6.07, 6.45) is 1.54. The van der Waals surface area contributed by atoms with Gasteiger partial charge in [-0.3, -0.25) is 13.9 Å². The van der Waals surface area contributed by atoms with E-state index in [2.05, 4.69) is 5.32 Å². The molecule has 1 N–H and O–H groups in total. The van der Waals surface area contributed by atoms with Gasteiger partial charge in [-0.1, -0.05) is 18.2 Å². The van der Waals surface area contributed by atoms with E-state index in [1.807, 2.05) is 0 Å². The normalized spacial score (nSPS) is 13.3. The first kappa shape index (κ1) is 19.0. The molecule has 1 heterocycles. The van der Waals surface area contributed by atoms with Crippen molar-refractivity contribution >= 4 is 33.1 Å². The Balaban J connectivity index is 1.64. The number of sulfonamides is 1. The molecule has 3 rings (SSSR count). The molecular formula is C19H19FN2O4S.